The molecule has 3 atom stereocenters. The fraction of sp³-hybridized carbons (Fsp3) is 0.780. The van der Waals surface area contributed by atoms with Crippen LogP contribution in [0.3, 0.4) is 0 Å². The molecule has 1 amide bonds. The van der Waals surface area contributed by atoms with Crippen molar-refractivity contribution in [3.8, 4) is 0 Å². The molecule has 0 saturated heterocycles. The maximum atomic E-state index is 12.7. The van der Waals surface area contributed by atoms with E-state index in [1.165, 1.54) is 83.5 Å². The van der Waals surface area contributed by atoms with Gasteiger partial charge in [0.25, 0.3) is 0 Å². The summed E-state index contributed by atoms with van der Waals surface area (Å²) in [4.78, 5) is 22.6. The number of unbranched alkanes of at least 4 members (excludes halogenated alkanes) is 19. The quantitative estimate of drug-likeness (QED) is 0.0285. The second-order valence-electron chi connectivity index (χ2n) is 13.5. The van der Waals surface area contributed by atoms with Gasteiger partial charge in [-0.3, -0.25) is 13.8 Å². The Morgan fingerprint density at radius 2 is 1.16 bits per heavy atom. The molecule has 0 aromatic carbocycles. The minimum Gasteiger partial charge on any atom is -0.387 e. The first-order valence-corrected chi connectivity index (χ1v) is 21.8. The van der Waals surface area contributed by atoms with Crippen molar-refractivity contribution in [2.75, 3.05) is 19.8 Å². The lowest BCUT2D eigenvalue weighted by molar-refractivity contribution is -0.123. The highest BCUT2D eigenvalue weighted by molar-refractivity contribution is 7.47. The zero-order valence-corrected chi connectivity index (χ0v) is 33.0. The van der Waals surface area contributed by atoms with Gasteiger partial charge in [0.2, 0.25) is 5.91 Å². The Balaban J connectivity index is 4.34. The number of aliphatic hydroxyl groups is 1. The molecule has 5 N–H and O–H groups in total. The van der Waals surface area contributed by atoms with Crippen molar-refractivity contribution in [3.05, 3.63) is 48.6 Å². The number of aliphatic hydroxyl groups excluding tert-OH is 1. The molecule has 9 heteroatoms. The molecule has 8 nitrogen and oxygen atoms in total. The second-order valence-corrected chi connectivity index (χ2v) is 14.9. The van der Waals surface area contributed by atoms with Crippen LogP contribution >= 0.6 is 7.82 Å². The summed E-state index contributed by atoms with van der Waals surface area (Å²) in [5.74, 6) is -0.221. The van der Waals surface area contributed by atoms with Crippen LogP contribution in [-0.4, -0.2) is 47.8 Å². The molecule has 0 radical (unpaired) electrons. The number of phosphoric acid groups is 1. The average Bonchev–Trinajstić information content (AvgIpc) is 3.10. The van der Waals surface area contributed by atoms with Gasteiger partial charge in [-0.2, -0.15) is 0 Å². The molecule has 0 rings (SSSR count). The number of carbonyl (C=O) groups is 1. The van der Waals surface area contributed by atoms with Gasteiger partial charge < -0.3 is 21.1 Å². The summed E-state index contributed by atoms with van der Waals surface area (Å²) < 4.78 is 22.0. The first kappa shape index (κ1) is 48.5. The van der Waals surface area contributed by atoms with Crippen LogP contribution < -0.4 is 11.1 Å². The molecule has 0 spiro atoms. The third-order valence-electron chi connectivity index (χ3n) is 8.61. The predicted molar refractivity (Wildman–Crippen MR) is 212 cm³/mol. The molecule has 3 unspecified atom stereocenters. The predicted octanol–water partition coefficient (Wildman–Crippen LogP) is 10.9. The number of phosphoric ester groups is 1. The first-order chi connectivity index (χ1) is 24.4. The summed E-state index contributed by atoms with van der Waals surface area (Å²) in [6, 6.07) is -0.884. The third kappa shape index (κ3) is 34.9. The summed E-state index contributed by atoms with van der Waals surface area (Å²) in [5, 5.41) is 13.6. The molecule has 0 aliphatic carbocycles. The summed E-state index contributed by atoms with van der Waals surface area (Å²) in [7, 11) is -4.35. The molecule has 292 valence electrons. The molecule has 50 heavy (non-hydrogen) atoms. The van der Waals surface area contributed by atoms with E-state index in [1.807, 2.05) is 6.08 Å². The number of nitrogens with two attached hydrogens (primary N) is 1. The van der Waals surface area contributed by atoms with E-state index in [2.05, 4.69) is 55.6 Å². The van der Waals surface area contributed by atoms with Crippen molar-refractivity contribution >= 4 is 13.7 Å². The van der Waals surface area contributed by atoms with Crippen molar-refractivity contribution < 1.29 is 28.4 Å². The number of nitrogens with one attached hydrogen (secondary N) is 1. The molecule has 0 saturated carbocycles. The van der Waals surface area contributed by atoms with Crippen LogP contribution in [0, 0.1) is 0 Å². The van der Waals surface area contributed by atoms with E-state index in [-0.39, 0.29) is 25.7 Å². The third-order valence-corrected chi connectivity index (χ3v) is 9.59. The van der Waals surface area contributed by atoms with Gasteiger partial charge in [0.15, 0.2) is 0 Å². The Morgan fingerprint density at radius 1 is 0.660 bits per heavy atom. The van der Waals surface area contributed by atoms with Crippen molar-refractivity contribution in [1.82, 2.24) is 5.32 Å². The zero-order valence-electron chi connectivity index (χ0n) is 32.1. The van der Waals surface area contributed by atoms with Gasteiger partial charge >= 0.3 is 7.82 Å². The molecule has 0 aliphatic heterocycles. The molecule has 0 aromatic rings. The van der Waals surface area contributed by atoms with Gasteiger partial charge in [-0.05, 0) is 57.8 Å². The highest BCUT2D eigenvalue weighted by Crippen LogP contribution is 2.43. The van der Waals surface area contributed by atoms with E-state index >= 15 is 0 Å². The molecule has 0 aromatic heterocycles. The maximum Gasteiger partial charge on any atom is 0.472 e. The number of hydrogen-bond acceptors (Lipinski definition) is 6. The Kier molecular flexibility index (Phi) is 36.1. The lowest BCUT2D eigenvalue weighted by Gasteiger charge is -2.23. The number of carbonyl (C=O) groups excluding carboxylic acids is 1. The second kappa shape index (κ2) is 37.2. The minimum absolute atomic E-state index is 0.0701. The Labute approximate surface area is 307 Å². The summed E-state index contributed by atoms with van der Waals surface area (Å²) in [6.07, 6.45) is 44.5. The summed E-state index contributed by atoms with van der Waals surface area (Å²) >= 11 is 0. The van der Waals surface area contributed by atoms with Gasteiger partial charge in [-0.15, -0.1) is 0 Å². The van der Waals surface area contributed by atoms with Crippen LogP contribution in [0.4, 0.5) is 0 Å². The van der Waals surface area contributed by atoms with Gasteiger partial charge in [0.05, 0.1) is 25.4 Å². The smallest absolute Gasteiger partial charge is 0.387 e. The number of hydrogen-bond donors (Lipinski definition) is 4. The topological polar surface area (TPSA) is 131 Å². The van der Waals surface area contributed by atoms with E-state index in [0.717, 1.165) is 70.6 Å². The fourth-order valence-corrected chi connectivity index (χ4v) is 6.30. The van der Waals surface area contributed by atoms with Gasteiger partial charge in [-0.1, -0.05) is 159 Å². The normalized spacial score (nSPS) is 14.7. The van der Waals surface area contributed by atoms with Crippen LogP contribution in [0.15, 0.2) is 48.6 Å². The largest absolute Gasteiger partial charge is 0.472 e. The van der Waals surface area contributed by atoms with E-state index < -0.39 is 20.0 Å². The van der Waals surface area contributed by atoms with Crippen molar-refractivity contribution in [2.45, 2.75) is 187 Å². The zero-order chi connectivity index (χ0) is 36.8. The van der Waals surface area contributed by atoms with Gasteiger partial charge in [0, 0.05) is 13.0 Å². The number of amides is 1. The van der Waals surface area contributed by atoms with E-state index in [9.17, 15) is 19.4 Å². The van der Waals surface area contributed by atoms with E-state index in [1.54, 1.807) is 6.08 Å². The Hall–Kier alpha value is -1.54. The number of allylic oxidation sites excluding steroid dienone is 7. The van der Waals surface area contributed by atoms with Crippen molar-refractivity contribution in [1.29, 1.82) is 0 Å². The molecule has 0 heterocycles. The van der Waals surface area contributed by atoms with E-state index in [4.69, 9.17) is 14.8 Å². The van der Waals surface area contributed by atoms with Crippen LogP contribution in [0.2, 0.25) is 0 Å². The lowest BCUT2D eigenvalue weighted by atomic mass is 10.0. The Bertz CT molecular complexity index is 923. The molecular formula is C41H77N2O6P. The summed E-state index contributed by atoms with van der Waals surface area (Å²) in [6.45, 7) is 4.02. The fourth-order valence-electron chi connectivity index (χ4n) is 5.54. The molecule has 0 bridgehead atoms. The molecule has 0 aliphatic rings. The van der Waals surface area contributed by atoms with Gasteiger partial charge in [0.1, 0.15) is 0 Å². The van der Waals surface area contributed by atoms with E-state index in [0.29, 0.717) is 6.42 Å². The Morgan fingerprint density at radius 3 is 1.74 bits per heavy atom. The maximum absolute atomic E-state index is 12.7. The highest BCUT2D eigenvalue weighted by atomic mass is 31.2. The van der Waals surface area contributed by atoms with Crippen LogP contribution in [0.25, 0.3) is 0 Å². The highest BCUT2D eigenvalue weighted by Gasteiger charge is 2.26. The van der Waals surface area contributed by atoms with Gasteiger partial charge in [-0.25, -0.2) is 4.57 Å². The van der Waals surface area contributed by atoms with Crippen LogP contribution in [0.5, 0.6) is 0 Å². The molecular weight excluding hydrogens is 647 g/mol. The molecule has 0 fully saturated rings. The van der Waals surface area contributed by atoms with Crippen LogP contribution in [0.1, 0.15) is 174 Å². The first-order valence-electron chi connectivity index (χ1n) is 20.3. The SMILES string of the molecule is CCC/C=C\C/C=C\CCCCCCCC(=O)NC(COP(=O)(O)OCCN)C(O)/C=C/CC/C=C/CCCCCCCCCCCCCC. The monoisotopic (exact) mass is 725 g/mol. The van der Waals surface area contributed by atoms with Crippen molar-refractivity contribution in [3.63, 3.8) is 0 Å². The minimum atomic E-state index is -4.35. The lowest BCUT2D eigenvalue weighted by Crippen LogP contribution is -2.45. The summed E-state index contributed by atoms with van der Waals surface area (Å²) in [5.41, 5.74) is 5.36. The van der Waals surface area contributed by atoms with Crippen LogP contribution in [-0.2, 0) is 18.4 Å². The van der Waals surface area contributed by atoms with Crippen molar-refractivity contribution in [2.24, 2.45) is 5.73 Å². The number of rotatable bonds is 37. The standard InChI is InChI=1S/C41H77N2O6P/c1-3-5-7-9-11-13-15-17-18-19-20-21-23-24-26-28-30-32-34-40(44)39(38-49-50(46,47)48-37-36-42)43-41(45)35-33-31-29-27-25-22-16-14-12-10-8-6-4-2/h8,10,14,16,24,26,32,34,39-40,44H,3-7,9,11-13,15,17-23,25,27-31,33,35-38,42H2,1-2H3,(H,43,45)(H,46,47)/b10-8-,16-14-,26-24+,34-32+. The average molecular weight is 725 g/mol.